The molecule has 0 amide bonds. The van der Waals surface area contributed by atoms with Crippen LogP contribution in [0.2, 0.25) is 0 Å². The lowest BCUT2D eigenvalue weighted by molar-refractivity contribution is 0.399. The molecule has 2 aromatic rings. The molecule has 3 heteroatoms. The number of hydrogen-bond acceptors (Lipinski definition) is 2. The topological polar surface area (TPSA) is 22.1 Å². The highest BCUT2D eigenvalue weighted by molar-refractivity contribution is 14.1. The van der Waals surface area contributed by atoms with Gasteiger partial charge in [-0.05, 0) is 46.9 Å². The van der Waals surface area contributed by atoms with Crippen LogP contribution < -0.4 is 4.74 Å². The van der Waals surface area contributed by atoms with Gasteiger partial charge in [0, 0.05) is 15.0 Å². The van der Waals surface area contributed by atoms with Gasteiger partial charge in [-0.25, -0.2) is 4.98 Å². The van der Waals surface area contributed by atoms with Crippen LogP contribution in [0.5, 0.6) is 5.88 Å². The first-order valence-electron chi connectivity index (χ1n) is 3.90. The number of ether oxygens (including phenoxy) is 1. The van der Waals surface area contributed by atoms with Crippen molar-refractivity contribution >= 4 is 33.5 Å². The molecule has 0 bridgehead atoms. The Bertz CT molecular complexity index is 442. The Balaban J connectivity index is 2.66. The van der Waals surface area contributed by atoms with E-state index >= 15 is 0 Å². The van der Waals surface area contributed by atoms with Gasteiger partial charge in [0.25, 0.3) is 0 Å². The molecule has 0 unspecified atom stereocenters. The van der Waals surface area contributed by atoms with Crippen LogP contribution in [0.4, 0.5) is 0 Å². The zero-order chi connectivity index (χ0) is 9.26. The Morgan fingerprint density at radius 2 is 2.08 bits per heavy atom. The zero-order valence-electron chi connectivity index (χ0n) is 7.12. The predicted molar refractivity (Wildman–Crippen MR) is 61.0 cm³/mol. The van der Waals surface area contributed by atoms with Crippen molar-refractivity contribution in [2.75, 3.05) is 7.11 Å². The number of fused-ring (bicyclic) bond motifs is 1. The first-order chi connectivity index (χ1) is 6.29. The minimum Gasteiger partial charge on any atom is -0.481 e. The maximum atomic E-state index is 5.04. The van der Waals surface area contributed by atoms with Crippen LogP contribution in [0.1, 0.15) is 0 Å². The van der Waals surface area contributed by atoms with Crippen LogP contribution in [0.25, 0.3) is 10.9 Å². The van der Waals surface area contributed by atoms with E-state index in [1.54, 1.807) is 7.11 Å². The van der Waals surface area contributed by atoms with Crippen molar-refractivity contribution in [1.29, 1.82) is 0 Å². The molecule has 0 fully saturated rings. The maximum absolute atomic E-state index is 5.04. The van der Waals surface area contributed by atoms with E-state index < -0.39 is 0 Å². The molecule has 0 aliphatic carbocycles. The van der Waals surface area contributed by atoms with Gasteiger partial charge in [0.05, 0.1) is 12.6 Å². The summed E-state index contributed by atoms with van der Waals surface area (Å²) in [5.74, 6) is 0.661. The zero-order valence-corrected chi connectivity index (χ0v) is 9.28. The number of halogens is 1. The molecule has 1 aromatic carbocycles. The molecule has 66 valence electrons. The summed E-state index contributed by atoms with van der Waals surface area (Å²) in [5.41, 5.74) is 0.972. The molecule has 0 radical (unpaired) electrons. The van der Waals surface area contributed by atoms with E-state index in [1.165, 1.54) is 3.57 Å². The van der Waals surface area contributed by atoms with Gasteiger partial charge in [0.15, 0.2) is 0 Å². The number of methoxy groups -OCH3 is 1. The van der Waals surface area contributed by atoms with Crippen LogP contribution in [-0.4, -0.2) is 12.1 Å². The fraction of sp³-hybridized carbons (Fsp3) is 0.100. The van der Waals surface area contributed by atoms with Crippen molar-refractivity contribution < 1.29 is 4.74 Å². The van der Waals surface area contributed by atoms with Crippen molar-refractivity contribution in [1.82, 2.24) is 4.98 Å². The minimum absolute atomic E-state index is 0.661. The molecule has 0 saturated carbocycles. The van der Waals surface area contributed by atoms with Crippen molar-refractivity contribution in [3.8, 4) is 5.88 Å². The highest BCUT2D eigenvalue weighted by Crippen LogP contribution is 2.18. The molecule has 1 aromatic heterocycles. The minimum atomic E-state index is 0.661. The average Bonchev–Trinajstić information content (AvgIpc) is 2.17. The lowest BCUT2D eigenvalue weighted by Crippen LogP contribution is -1.87. The van der Waals surface area contributed by atoms with Gasteiger partial charge in [0.1, 0.15) is 0 Å². The van der Waals surface area contributed by atoms with Gasteiger partial charge in [0.2, 0.25) is 5.88 Å². The molecule has 2 nitrogen and oxygen atoms in total. The molecule has 0 N–H and O–H groups in total. The van der Waals surface area contributed by atoms with Crippen molar-refractivity contribution in [3.05, 3.63) is 33.9 Å². The molecule has 0 spiro atoms. The third kappa shape index (κ3) is 1.75. The molecule has 13 heavy (non-hydrogen) atoms. The summed E-state index contributed by atoms with van der Waals surface area (Å²) in [7, 11) is 1.63. The second-order valence-electron chi connectivity index (χ2n) is 2.69. The van der Waals surface area contributed by atoms with E-state index in [2.05, 4.69) is 33.6 Å². The molecule has 2 rings (SSSR count). The SMILES string of the molecule is COc1ccc2cc(I)ccc2n1. The Hall–Kier alpha value is -0.840. The van der Waals surface area contributed by atoms with Crippen LogP contribution in [-0.2, 0) is 0 Å². The smallest absolute Gasteiger partial charge is 0.213 e. The van der Waals surface area contributed by atoms with Gasteiger partial charge < -0.3 is 4.74 Å². The van der Waals surface area contributed by atoms with E-state index in [9.17, 15) is 0 Å². The summed E-state index contributed by atoms with van der Waals surface area (Å²) in [6.45, 7) is 0. The van der Waals surface area contributed by atoms with Gasteiger partial charge in [-0.2, -0.15) is 0 Å². The van der Waals surface area contributed by atoms with Gasteiger partial charge >= 0.3 is 0 Å². The molecule has 0 saturated heterocycles. The average molecular weight is 285 g/mol. The monoisotopic (exact) mass is 285 g/mol. The maximum Gasteiger partial charge on any atom is 0.213 e. The highest BCUT2D eigenvalue weighted by atomic mass is 127. The number of rotatable bonds is 1. The summed E-state index contributed by atoms with van der Waals surface area (Å²) >= 11 is 2.29. The Kier molecular flexibility index (Phi) is 2.35. The van der Waals surface area contributed by atoms with Crippen molar-refractivity contribution in [2.45, 2.75) is 0 Å². The van der Waals surface area contributed by atoms with Crippen LogP contribution in [0.3, 0.4) is 0 Å². The quantitative estimate of drug-likeness (QED) is 0.752. The normalized spacial score (nSPS) is 10.3. The fourth-order valence-corrected chi connectivity index (χ4v) is 1.71. The van der Waals surface area contributed by atoms with Crippen molar-refractivity contribution in [3.63, 3.8) is 0 Å². The van der Waals surface area contributed by atoms with Crippen LogP contribution in [0, 0.1) is 3.57 Å². The number of nitrogens with zero attached hydrogens (tertiary/aromatic N) is 1. The van der Waals surface area contributed by atoms with E-state index in [-0.39, 0.29) is 0 Å². The largest absolute Gasteiger partial charge is 0.481 e. The van der Waals surface area contributed by atoms with E-state index in [4.69, 9.17) is 4.74 Å². The number of hydrogen-bond donors (Lipinski definition) is 0. The summed E-state index contributed by atoms with van der Waals surface area (Å²) in [4.78, 5) is 4.31. The van der Waals surface area contributed by atoms with Gasteiger partial charge in [-0.3, -0.25) is 0 Å². The second-order valence-corrected chi connectivity index (χ2v) is 3.94. The summed E-state index contributed by atoms with van der Waals surface area (Å²) in [6.07, 6.45) is 0. The molecular weight excluding hydrogens is 277 g/mol. The summed E-state index contributed by atoms with van der Waals surface area (Å²) in [6, 6.07) is 10.0. The predicted octanol–water partition coefficient (Wildman–Crippen LogP) is 2.85. The Morgan fingerprint density at radius 3 is 2.85 bits per heavy atom. The van der Waals surface area contributed by atoms with Gasteiger partial charge in [-0.1, -0.05) is 0 Å². The third-order valence-electron chi connectivity index (χ3n) is 1.83. The molecule has 0 aliphatic heterocycles. The van der Waals surface area contributed by atoms with E-state index in [0.717, 1.165) is 10.9 Å². The molecular formula is C10H8INO. The first kappa shape index (κ1) is 8.74. The van der Waals surface area contributed by atoms with Gasteiger partial charge in [-0.15, -0.1) is 0 Å². The van der Waals surface area contributed by atoms with Crippen LogP contribution in [0.15, 0.2) is 30.3 Å². The first-order valence-corrected chi connectivity index (χ1v) is 4.98. The number of pyridine rings is 1. The Morgan fingerprint density at radius 1 is 1.23 bits per heavy atom. The second kappa shape index (κ2) is 3.49. The van der Waals surface area contributed by atoms with Crippen molar-refractivity contribution in [2.24, 2.45) is 0 Å². The molecule has 0 aliphatic rings. The highest BCUT2D eigenvalue weighted by Gasteiger charge is 1.97. The lowest BCUT2D eigenvalue weighted by atomic mass is 10.2. The number of aromatic nitrogens is 1. The molecule has 0 atom stereocenters. The Labute approximate surface area is 90.1 Å². The summed E-state index contributed by atoms with van der Waals surface area (Å²) < 4.78 is 6.26. The van der Waals surface area contributed by atoms with E-state index in [0.29, 0.717) is 5.88 Å². The fourth-order valence-electron chi connectivity index (χ4n) is 1.19. The standard InChI is InChI=1S/C10H8INO/c1-13-10-5-2-7-6-8(11)3-4-9(7)12-10/h2-6H,1H3. The van der Waals surface area contributed by atoms with E-state index in [1.807, 2.05) is 24.3 Å². The summed E-state index contributed by atoms with van der Waals surface area (Å²) in [5, 5.41) is 1.15. The molecule has 1 heterocycles. The number of benzene rings is 1. The van der Waals surface area contributed by atoms with Crippen LogP contribution >= 0.6 is 22.6 Å². The third-order valence-corrected chi connectivity index (χ3v) is 2.51. The lowest BCUT2D eigenvalue weighted by Gasteiger charge is -2.01.